The molecule has 0 bridgehead atoms. The fraction of sp³-hybridized carbons (Fsp3) is 0.467. The van der Waals surface area contributed by atoms with Crippen LogP contribution in [0.15, 0.2) is 30.6 Å². The zero-order chi connectivity index (χ0) is 12.4. The maximum Gasteiger partial charge on any atom is 0.0890 e. The molecule has 2 aromatic rings. The monoisotopic (exact) mass is 242 g/mol. The molecule has 1 atom stereocenters. The van der Waals surface area contributed by atoms with Crippen molar-refractivity contribution in [3.8, 4) is 0 Å². The number of benzene rings is 1. The van der Waals surface area contributed by atoms with Gasteiger partial charge in [-0.1, -0.05) is 25.3 Å². The van der Waals surface area contributed by atoms with E-state index in [2.05, 4.69) is 9.97 Å². The van der Waals surface area contributed by atoms with E-state index < -0.39 is 0 Å². The zero-order valence-corrected chi connectivity index (χ0v) is 10.4. The van der Waals surface area contributed by atoms with Crippen LogP contribution in [-0.4, -0.2) is 15.1 Å². The van der Waals surface area contributed by atoms with Crippen LogP contribution in [0, 0.1) is 5.92 Å². The van der Waals surface area contributed by atoms with Crippen LogP contribution in [0.3, 0.4) is 0 Å². The number of hydrogen-bond donors (Lipinski definition) is 1. The smallest absolute Gasteiger partial charge is 0.0890 e. The molecule has 0 amide bonds. The van der Waals surface area contributed by atoms with Crippen LogP contribution in [-0.2, 0) is 0 Å². The summed E-state index contributed by atoms with van der Waals surface area (Å²) >= 11 is 0. The van der Waals surface area contributed by atoms with Crippen LogP contribution in [0.1, 0.15) is 43.8 Å². The Morgan fingerprint density at radius 1 is 1.00 bits per heavy atom. The van der Waals surface area contributed by atoms with E-state index in [1.165, 1.54) is 19.3 Å². The Hall–Kier alpha value is -1.48. The van der Waals surface area contributed by atoms with Gasteiger partial charge in [-0.25, -0.2) is 0 Å². The van der Waals surface area contributed by atoms with Crippen molar-refractivity contribution in [3.05, 3.63) is 36.2 Å². The molecule has 0 aliphatic heterocycles. The van der Waals surface area contributed by atoms with E-state index in [0.717, 1.165) is 29.4 Å². The molecule has 1 aliphatic carbocycles. The highest BCUT2D eigenvalue weighted by molar-refractivity contribution is 5.74. The van der Waals surface area contributed by atoms with Gasteiger partial charge in [0, 0.05) is 12.4 Å². The van der Waals surface area contributed by atoms with E-state index in [9.17, 15) is 5.11 Å². The van der Waals surface area contributed by atoms with E-state index in [4.69, 9.17) is 0 Å². The second kappa shape index (κ2) is 5.02. The molecule has 3 rings (SSSR count). The van der Waals surface area contributed by atoms with Crippen LogP contribution >= 0.6 is 0 Å². The number of aliphatic hydroxyl groups is 1. The van der Waals surface area contributed by atoms with Gasteiger partial charge in [0.2, 0.25) is 0 Å². The van der Waals surface area contributed by atoms with Gasteiger partial charge in [-0.05, 0) is 36.5 Å². The summed E-state index contributed by atoms with van der Waals surface area (Å²) in [7, 11) is 0. The summed E-state index contributed by atoms with van der Waals surface area (Å²) in [6.07, 6.45) is 9.12. The Bertz CT molecular complexity index is 535. The van der Waals surface area contributed by atoms with Crippen molar-refractivity contribution in [3.63, 3.8) is 0 Å². The lowest BCUT2D eigenvalue weighted by molar-refractivity contribution is 0.0849. The average molecular weight is 242 g/mol. The van der Waals surface area contributed by atoms with E-state index in [-0.39, 0.29) is 6.10 Å². The predicted octanol–water partition coefficient (Wildman–Crippen LogP) is 3.24. The topological polar surface area (TPSA) is 46.0 Å². The van der Waals surface area contributed by atoms with Gasteiger partial charge in [0.25, 0.3) is 0 Å². The Kier molecular flexibility index (Phi) is 3.24. The predicted molar refractivity (Wildman–Crippen MR) is 71.1 cm³/mol. The first-order chi connectivity index (χ1) is 8.84. The lowest BCUT2D eigenvalue weighted by Crippen LogP contribution is -2.15. The minimum absolute atomic E-state index is 0.350. The number of aromatic nitrogens is 2. The summed E-state index contributed by atoms with van der Waals surface area (Å²) in [4.78, 5) is 8.55. The van der Waals surface area contributed by atoms with Crippen LogP contribution in [0.2, 0.25) is 0 Å². The van der Waals surface area contributed by atoms with Crippen LogP contribution in [0.25, 0.3) is 11.0 Å². The van der Waals surface area contributed by atoms with Crippen molar-refractivity contribution in [1.82, 2.24) is 9.97 Å². The van der Waals surface area contributed by atoms with E-state index in [1.54, 1.807) is 12.4 Å². The van der Waals surface area contributed by atoms with Crippen molar-refractivity contribution in [2.75, 3.05) is 0 Å². The molecule has 0 saturated heterocycles. The van der Waals surface area contributed by atoms with Gasteiger partial charge in [-0.2, -0.15) is 0 Å². The van der Waals surface area contributed by atoms with Gasteiger partial charge >= 0.3 is 0 Å². The molecular weight excluding hydrogens is 224 g/mol. The highest BCUT2D eigenvalue weighted by atomic mass is 16.3. The van der Waals surface area contributed by atoms with Crippen molar-refractivity contribution < 1.29 is 5.11 Å². The van der Waals surface area contributed by atoms with Crippen molar-refractivity contribution in [1.29, 1.82) is 0 Å². The average Bonchev–Trinajstić information content (AvgIpc) is 2.47. The van der Waals surface area contributed by atoms with Crippen molar-refractivity contribution >= 4 is 11.0 Å². The van der Waals surface area contributed by atoms with Gasteiger partial charge in [-0.15, -0.1) is 0 Å². The molecule has 0 radical (unpaired) electrons. The minimum atomic E-state index is -0.350. The maximum atomic E-state index is 10.5. The first-order valence-electron chi connectivity index (χ1n) is 6.73. The van der Waals surface area contributed by atoms with Gasteiger partial charge in [-0.3, -0.25) is 9.97 Å². The van der Waals surface area contributed by atoms with Gasteiger partial charge < -0.3 is 5.11 Å². The molecule has 1 aromatic heterocycles. The van der Waals surface area contributed by atoms with E-state index in [1.807, 2.05) is 18.2 Å². The molecule has 18 heavy (non-hydrogen) atoms. The van der Waals surface area contributed by atoms with Crippen LogP contribution < -0.4 is 0 Å². The van der Waals surface area contributed by atoms with E-state index in [0.29, 0.717) is 5.92 Å². The van der Waals surface area contributed by atoms with E-state index >= 15 is 0 Å². The quantitative estimate of drug-likeness (QED) is 0.879. The number of hydrogen-bond acceptors (Lipinski definition) is 3. The Labute approximate surface area is 107 Å². The fourth-order valence-electron chi connectivity index (χ4n) is 2.89. The Morgan fingerprint density at radius 2 is 1.72 bits per heavy atom. The first-order valence-corrected chi connectivity index (χ1v) is 6.73. The Morgan fingerprint density at radius 3 is 2.50 bits per heavy atom. The molecule has 94 valence electrons. The molecular formula is C15H18N2O. The fourth-order valence-corrected chi connectivity index (χ4v) is 2.89. The summed E-state index contributed by atoms with van der Waals surface area (Å²) in [5, 5.41) is 10.5. The number of nitrogens with zero attached hydrogens (tertiary/aromatic N) is 2. The second-order valence-electron chi connectivity index (χ2n) is 5.15. The minimum Gasteiger partial charge on any atom is -0.388 e. The van der Waals surface area contributed by atoms with Crippen LogP contribution in [0.4, 0.5) is 0 Å². The lowest BCUT2D eigenvalue weighted by atomic mass is 9.83. The maximum absolute atomic E-state index is 10.5. The summed E-state index contributed by atoms with van der Waals surface area (Å²) < 4.78 is 0. The number of rotatable bonds is 2. The highest BCUT2D eigenvalue weighted by Crippen LogP contribution is 2.34. The highest BCUT2D eigenvalue weighted by Gasteiger charge is 2.23. The lowest BCUT2D eigenvalue weighted by Gasteiger charge is -2.26. The largest absolute Gasteiger partial charge is 0.388 e. The normalized spacial score (nSPS) is 18.9. The third kappa shape index (κ3) is 2.23. The number of aliphatic hydroxyl groups excluding tert-OH is 1. The van der Waals surface area contributed by atoms with Gasteiger partial charge in [0.05, 0.1) is 17.1 Å². The van der Waals surface area contributed by atoms with Crippen molar-refractivity contribution in [2.24, 2.45) is 5.92 Å². The molecule has 1 fully saturated rings. The third-order valence-electron chi connectivity index (χ3n) is 3.93. The summed E-state index contributed by atoms with van der Waals surface area (Å²) in [6.45, 7) is 0. The molecule has 1 heterocycles. The van der Waals surface area contributed by atoms with Gasteiger partial charge in [0.15, 0.2) is 0 Å². The molecule has 1 unspecified atom stereocenters. The third-order valence-corrected chi connectivity index (χ3v) is 3.93. The zero-order valence-electron chi connectivity index (χ0n) is 10.4. The summed E-state index contributed by atoms with van der Waals surface area (Å²) in [6, 6.07) is 5.90. The molecule has 3 nitrogen and oxygen atoms in total. The molecule has 1 aliphatic rings. The standard InChI is InChI=1S/C15H18N2O/c18-15(11-4-2-1-3-5-11)12-6-7-13-14(10-12)17-9-8-16-13/h6-11,15,18H,1-5H2. The molecule has 1 N–H and O–H groups in total. The summed E-state index contributed by atoms with van der Waals surface area (Å²) in [5.74, 6) is 0.410. The second-order valence-corrected chi connectivity index (χ2v) is 5.15. The SMILES string of the molecule is OC(c1ccc2nccnc2c1)C1CCCCC1. The van der Waals surface area contributed by atoms with Crippen LogP contribution in [0.5, 0.6) is 0 Å². The molecule has 1 aromatic carbocycles. The van der Waals surface area contributed by atoms with Crippen molar-refractivity contribution in [2.45, 2.75) is 38.2 Å². The summed E-state index contributed by atoms with van der Waals surface area (Å²) in [5.41, 5.74) is 2.73. The number of fused-ring (bicyclic) bond motifs is 1. The Balaban J connectivity index is 1.88. The molecule has 3 heteroatoms. The molecule has 1 saturated carbocycles. The van der Waals surface area contributed by atoms with Gasteiger partial charge in [0.1, 0.15) is 0 Å². The first kappa shape index (κ1) is 11.6. The molecule has 0 spiro atoms.